The minimum atomic E-state index is -0.00188. The fourth-order valence-corrected chi connectivity index (χ4v) is 3.07. The van der Waals surface area contributed by atoms with E-state index in [1.807, 2.05) is 35.8 Å². The fraction of sp³-hybridized carbons (Fsp3) is 0.412. The van der Waals surface area contributed by atoms with Crippen molar-refractivity contribution in [3.05, 3.63) is 47.0 Å². The molecule has 1 saturated heterocycles. The summed E-state index contributed by atoms with van der Waals surface area (Å²) in [5.74, 6) is 0.0407. The van der Waals surface area contributed by atoms with E-state index in [0.29, 0.717) is 31.9 Å². The highest BCUT2D eigenvalue weighted by Crippen LogP contribution is 2.15. The van der Waals surface area contributed by atoms with Gasteiger partial charge in [0, 0.05) is 43.8 Å². The van der Waals surface area contributed by atoms with Crippen molar-refractivity contribution in [1.82, 2.24) is 19.8 Å². The van der Waals surface area contributed by atoms with Crippen molar-refractivity contribution in [1.29, 1.82) is 0 Å². The molecule has 0 radical (unpaired) electrons. The monoisotopic (exact) mass is 314 g/mol. The summed E-state index contributed by atoms with van der Waals surface area (Å²) in [5.41, 5.74) is 3.22. The van der Waals surface area contributed by atoms with E-state index < -0.39 is 0 Å². The highest BCUT2D eigenvalue weighted by atomic mass is 16.2. The van der Waals surface area contributed by atoms with Crippen LogP contribution in [0.2, 0.25) is 0 Å². The lowest BCUT2D eigenvalue weighted by molar-refractivity contribution is 0.0716. The lowest BCUT2D eigenvalue weighted by Gasteiger charge is -2.22. The predicted octanol–water partition coefficient (Wildman–Crippen LogP) is 1.95. The van der Waals surface area contributed by atoms with Gasteiger partial charge < -0.3 is 19.8 Å². The quantitative estimate of drug-likeness (QED) is 0.889. The Kier molecular flexibility index (Phi) is 4.23. The minimum absolute atomic E-state index is 0.00188. The van der Waals surface area contributed by atoms with E-state index >= 15 is 0 Å². The van der Waals surface area contributed by atoms with Crippen LogP contribution < -0.4 is 0 Å². The molecule has 1 aliphatic heterocycles. The zero-order valence-electron chi connectivity index (χ0n) is 13.6. The number of H-pyrrole nitrogens is 2. The summed E-state index contributed by atoms with van der Waals surface area (Å²) in [5, 5.41) is 0. The second kappa shape index (κ2) is 6.32. The summed E-state index contributed by atoms with van der Waals surface area (Å²) in [6.45, 7) is 6.34. The average molecular weight is 314 g/mol. The van der Waals surface area contributed by atoms with Crippen molar-refractivity contribution in [2.24, 2.45) is 0 Å². The molecular formula is C17H22N4O2. The molecule has 0 spiro atoms. The molecule has 0 atom stereocenters. The fourth-order valence-electron chi connectivity index (χ4n) is 3.07. The average Bonchev–Trinajstić information content (AvgIpc) is 3.09. The molecule has 1 aliphatic rings. The summed E-state index contributed by atoms with van der Waals surface area (Å²) >= 11 is 0. The van der Waals surface area contributed by atoms with E-state index in [-0.39, 0.29) is 11.8 Å². The standard InChI is InChI=1S/C17H22N4O2/c1-12-11-14(13(2)19-12)16(22)20-7-4-8-21(10-9-20)17(23)15-5-3-6-18-15/h3,5-6,11,18-19H,4,7-10H2,1-2H3. The van der Waals surface area contributed by atoms with Crippen LogP contribution in [-0.4, -0.2) is 57.8 Å². The summed E-state index contributed by atoms with van der Waals surface area (Å²) in [7, 11) is 0. The van der Waals surface area contributed by atoms with Crippen LogP contribution in [0.25, 0.3) is 0 Å². The second-order valence-corrected chi connectivity index (χ2v) is 6.01. The zero-order chi connectivity index (χ0) is 16.4. The van der Waals surface area contributed by atoms with E-state index in [9.17, 15) is 9.59 Å². The number of aromatic nitrogens is 2. The maximum absolute atomic E-state index is 12.7. The first-order valence-electron chi connectivity index (χ1n) is 7.94. The van der Waals surface area contributed by atoms with Crippen molar-refractivity contribution < 1.29 is 9.59 Å². The Morgan fingerprint density at radius 3 is 2.30 bits per heavy atom. The van der Waals surface area contributed by atoms with Gasteiger partial charge in [-0.1, -0.05) is 0 Å². The van der Waals surface area contributed by atoms with Crippen molar-refractivity contribution >= 4 is 11.8 Å². The topological polar surface area (TPSA) is 72.2 Å². The molecule has 2 aromatic heterocycles. The van der Waals surface area contributed by atoms with Crippen molar-refractivity contribution in [3.8, 4) is 0 Å². The molecule has 1 fully saturated rings. The maximum Gasteiger partial charge on any atom is 0.270 e. The van der Waals surface area contributed by atoms with Gasteiger partial charge in [-0.25, -0.2) is 0 Å². The molecule has 3 rings (SSSR count). The number of carbonyl (C=O) groups is 2. The first-order valence-corrected chi connectivity index (χ1v) is 7.94. The molecular weight excluding hydrogens is 292 g/mol. The van der Waals surface area contributed by atoms with Crippen LogP contribution in [0.1, 0.15) is 38.7 Å². The van der Waals surface area contributed by atoms with E-state index in [1.165, 1.54) is 0 Å². The number of nitrogens with zero attached hydrogens (tertiary/aromatic N) is 2. The SMILES string of the molecule is Cc1cc(C(=O)N2CCCN(C(=O)c3ccc[nH]3)CC2)c(C)[nH]1. The lowest BCUT2D eigenvalue weighted by atomic mass is 10.2. The summed E-state index contributed by atoms with van der Waals surface area (Å²) in [4.78, 5) is 34.9. The molecule has 0 bridgehead atoms. The maximum atomic E-state index is 12.7. The third kappa shape index (κ3) is 3.16. The molecule has 2 amide bonds. The first-order chi connectivity index (χ1) is 11.1. The summed E-state index contributed by atoms with van der Waals surface area (Å²) in [6, 6.07) is 5.49. The van der Waals surface area contributed by atoms with Crippen molar-refractivity contribution in [3.63, 3.8) is 0 Å². The van der Waals surface area contributed by atoms with Gasteiger partial charge in [0.05, 0.1) is 5.56 Å². The van der Waals surface area contributed by atoms with Crippen molar-refractivity contribution in [2.45, 2.75) is 20.3 Å². The normalized spacial score (nSPS) is 15.6. The molecule has 6 heteroatoms. The Labute approximate surface area is 135 Å². The molecule has 122 valence electrons. The van der Waals surface area contributed by atoms with Gasteiger partial charge in [0.1, 0.15) is 5.69 Å². The molecule has 0 aromatic carbocycles. The molecule has 3 heterocycles. The third-order valence-electron chi connectivity index (χ3n) is 4.28. The van der Waals surface area contributed by atoms with Crippen LogP contribution in [0, 0.1) is 13.8 Å². The molecule has 0 saturated carbocycles. The summed E-state index contributed by atoms with van der Waals surface area (Å²) < 4.78 is 0. The second-order valence-electron chi connectivity index (χ2n) is 6.01. The number of aromatic amines is 2. The molecule has 6 nitrogen and oxygen atoms in total. The van der Waals surface area contributed by atoms with E-state index in [2.05, 4.69) is 9.97 Å². The number of amides is 2. The lowest BCUT2D eigenvalue weighted by Crippen LogP contribution is -2.37. The number of rotatable bonds is 2. The van der Waals surface area contributed by atoms with Gasteiger partial charge >= 0.3 is 0 Å². The van der Waals surface area contributed by atoms with Crippen LogP contribution in [0.4, 0.5) is 0 Å². The molecule has 2 aromatic rings. The van der Waals surface area contributed by atoms with Gasteiger partial charge in [-0.2, -0.15) is 0 Å². The smallest absolute Gasteiger partial charge is 0.270 e. The molecule has 0 unspecified atom stereocenters. The highest BCUT2D eigenvalue weighted by molar-refractivity contribution is 5.96. The van der Waals surface area contributed by atoms with Crippen LogP contribution in [-0.2, 0) is 0 Å². The van der Waals surface area contributed by atoms with Crippen molar-refractivity contribution in [2.75, 3.05) is 26.2 Å². The number of carbonyl (C=O) groups excluding carboxylic acids is 2. The number of aryl methyl sites for hydroxylation is 2. The summed E-state index contributed by atoms with van der Waals surface area (Å²) in [6.07, 6.45) is 2.54. The van der Waals surface area contributed by atoms with Crippen LogP contribution in [0.3, 0.4) is 0 Å². The van der Waals surface area contributed by atoms with E-state index in [1.54, 1.807) is 12.3 Å². The Balaban J connectivity index is 1.68. The first kappa shape index (κ1) is 15.4. The van der Waals surface area contributed by atoms with Gasteiger partial charge in [-0.05, 0) is 38.5 Å². The Morgan fingerprint density at radius 2 is 1.74 bits per heavy atom. The predicted molar refractivity (Wildman–Crippen MR) is 87.5 cm³/mol. The van der Waals surface area contributed by atoms with Gasteiger partial charge in [0.2, 0.25) is 0 Å². The van der Waals surface area contributed by atoms with Gasteiger partial charge in [0.15, 0.2) is 0 Å². The van der Waals surface area contributed by atoms with Gasteiger partial charge in [-0.15, -0.1) is 0 Å². The van der Waals surface area contributed by atoms with Crippen LogP contribution >= 0.6 is 0 Å². The molecule has 2 N–H and O–H groups in total. The zero-order valence-corrected chi connectivity index (χ0v) is 13.6. The number of hydrogen-bond acceptors (Lipinski definition) is 2. The van der Waals surface area contributed by atoms with E-state index in [4.69, 9.17) is 0 Å². The van der Waals surface area contributed by atoms with E-state index in [0.717, 1.165) is 23.4 Å². The van der Waals surface area contributed by atoms with Crippen LogP contribution in [0.15, 0.2) is 24.4 Å². The Morgan fingerprint density at radius 1 is 1.04 bits per heavy atom. The highest BCUT2D eigenvalue weighted by Gasteiger charge is 2.25. The molecule has 0 aliphatic carbocycles. The number of hydrogen-bond donors (Lipinski definition) is 2. The Hall–Kier alpha value is -2.50. The van der Waals surface area contributed by atoms with Crippen LogP contribution in [0.5, 0.6) is 0 Å². The van der Waals surface area contributed by atoms with Gasteiger partial charge in [-0.3, -0.25) is 9.59 Å². The van der Waals surface area contributed by atoms with Gasteiger partial charge in [0.25, 0.3) is 11.8 Å². The number of nitrogens with one attached hydrogen (secondary N) is 2. The largest absolute Gasteiger partial charge is 0.362 e. The third-order valence-corrected chi connectivity index (χ3v) is 4.28. The minimum Gasteiger partial charge on any atom is -0.362 e. The molecule has 23 heavy (non-hydrogen) atoms. The Bertz CT molecular complexity index is 702.